The van der Waals surface area contributed by atoms with Crippen LogP contribution in [0.25, 0.3) is 72.2 Å². The molecule has 8 aromatic rings. The summed E-state index contributed by atoms with van der Waals surface area (Å²) in [7, 11) is 0. The Morgan fingerprint density at radius 1 is 0.340 bits per heavy atom. The van der Waals surface area contributed by atoms with Crippen molar-refractivity contribution >= 4 is 16.4 Å². The van der Waals surface area contributed by atoms with Crippen molar-refractivity contribution in [2.45, 2.75) is 0 Å². The standard InChI is InChI=1S/C45H32N2/c1-2-10-20-41(39-30-37(33-15-5-3-6-16-33)29-38(31-39)34-17-7-4-8-18-34)43-22-12-11-21-42(43)40(19-9-1)35-24-26-36(27-25-35)44-32-47-28-14-13-23-45(47)46-44/h1-32H. The molecule has 0 saturated heterocycles. The van der Waals surface area contributed by atoms with Gasteiger partial charge >= 0.3 is 0 Å². The van der Waals surface area contributed by atoms with Gasteiger partial charge in [-0.05, 0) is 85.6 Å². The Balaban J connectivity index is 1.32. The van der Waals surface area contributed by atoms with E-state index in [0.29, 0.717) is 0 Å². The summed E-state index contributed by atoms with van der Waals surface area (Å²) in [5.41, 5.74) is 12.5. The van der Waals surface area contributed by atoms with Crippen LogP contribution in [0.1, 0.15) is 0 Å². The Kier molecular flexibility index (Phi) is 7.59. The molecule has 0 spiro atoms. The number of rotatable bonds is 5. The minimum absolute atomic E-state index is 0.944. The highest BCUT2D eigenvalue weighted by atomic mass is 15.0. The van der Waals surface area contributed by atoms with Crippen LogP contribution in [-0.4, -0.2) is 9.38 Å². The second-order valence-corrected chi connectivity index (χ2v) is 11.7. The van der Waals surface area contributed by atoms with Crippen molar-refractivity contribution in [3.8, 4) is 55.8 Å². The lowest BCUT2D eigenvalue weighted by Gasteiger charge is -2.13. The fourth-order valence-corrected chi connectivity index (χ4v) is 6.34. The quantitative estimate of drug-likeness (QED) is 0.192. The molecule has 0 aliphatic heterocycles. The average Bonchev–Trinajstić information content (AvgIpc) is 3.59. The van der Waals surface area contributed by atoms with Crippen molar-refractivity contribution < 1.29 is 0 Å². The molecular weight excluding hydrogens is 569 g/mol. The van der Waals surface area contributed by atoms with Crippen molar-refractivity contribution in [2.24, 2.45) is 0 Å². The highest BCUT2D eigenvalue weighted by Crippen LogP contribution is 2.37. The molecule has 0 unspecified atom stereocenters. The molecule has 0 N–H and O–H groups in total. The third-order valence-electron chi connectivity index (χ3n) is 8.68. The highest BCUT2D eigenvalue weighted by molar-refractivity contribution is 6.04. The maximum Gasteiger partial charge on any atom is 0.137 e. The van der Waals surface area contributed by atoms with Crippen LogP contribution in [0.15, 0.2) is 194 Å². The molecule has 47 heavy (non-hydrogen) atoms. The van der Waals surface area contributed by atoms with E-state index < -0.39 is 0 Å². The van der Waals surface area contributed by atoms with Crippen molar-refractivity contribution in [2.75, 3.05) is 0 Å². The molecule has 0 bridgehead atoms. The summed E-state index contributed by atoms with van der Waals surface area (Å²) in [4.78, 5) is 4.83. The third-order valence-corrected chi connectivity index (χ3v) is 8.68. The lowest BCUT2D eigenvalue weighted by Crippen LogP contribution is -1.87. The van der Waals surface area contributed by atoms with Crippen molar-refractivity contribution in [3.63, 3.8) is 0 Å². The van der Waals surface area contributed by atoms with E-state index in [4.69, 9.17) is 4.98 Å². The van der Waals surface area contributed by atoms with Gasteiger partial charge < -0.3 is 4.40 Å². The van der Waals surface area contributed by atoms with E-state index in [1.54, 1.807) is 0 Å². The molecule has 0 radical (unpaired) electrons. The van der Waals surface area contributed by atoms with Crippen LogP contribution in [0, 0.1) is 0 Å². The van der Waals surface area contributed by atoms with E-state index in [0.717, 1.165) is 22.5 Å². The van der Waals surface area contributed by atoms with Crippen LogP contribution in [0.3, 0.4) is 0 Å². The number of benzene rings is 5. The molecule has 0 atom stereocenters. The summed E-state index contributed by atoms with van der Waals surface area (Å²) in [6, 6.07) is 64.8. The average molecular weight is 601 g/mol. The molecule has 0 fully saturated rings. The van der Waals surface area contributed by atoms with Crippen LogP contribution in [0.4, 0.5) is 0 Å². The maximum atomic E-state index is 4.83. The predicted molar refractivity (Wildman–Crippen MR) is 198 cm³/mol. The van der Waals surface area contributed by atoms with E-state index in [-0.39, 0.29) is 0 Å². The van der Waals surface area contributed by atoms with E-state index in [1.165, 1.54) is 49.7 Å². The number of imidazole rings is 1. The first-order valence-electron chi connectivity index (χ1n) is 16.0. The fraction of sp³-hybridized carbons (Fsp3) is 0. The van der Waals surface area contributed by atoms with E-state index >= 15 is 0 Å². The molecule has 2 nitrogen and oxygen atoms in total. The first kappa shape index (κ1) is 28.2. The smallest absolute Gasteiger partial charge is 0.137 e. The van der Waals surface area contributed by atoms with Gasteiger partial charge in [0, 0.05) is 18.0 Å². The van der Waals surface area contributed by atoms with Crippen molar-refractivity contribution in [1.29, 1.82) is 0 Å². The second-order valence-electron chi connectivity index (χ2n) is 11.7. The lowest BCUT2D eigenvalue weighted by molar-refractivity contribution is 1.19. The largest absolute Gasteiger partial charge is 0.306 e. The van der Waals surface area contributed by atoms with Crippen molar-refractivity contribution in [1.82, 2.24) is 9.38 Å². The van der Waals surface area contributed by atoms with Gasteiger partial charge in [0.05, 0.1) is 5.69 Å². The molecule has 2 aromatic heterocycles. The van der Waals surface area contributed by atoms with Crippen molar-refractivity contribution in [3.05, 3.63) is 194 Å². The van der Waals surface area contributed by atoms with Gasteiger partial charge in [-0.2, -0.15) is 0 Å². The van der Waals surface area contributed by atoms with Gasteiger partial charge in [0.25, 0.3) is 0 Å². The number of pyridine rings is 1. The zero-order chi connectivity index (χ0) is 31.4. The van der Waals surface area contributed by atoms with Gasteiger partial charge in [0.1, 0.15) is 5.65 Å². The fourth-order valence-electron chi connectivity index (χ4n) is 6.34. The minimum atomic E-state index is 0.944. The number of hydrogen-bond donors (Lipinski definition) is 0. The van der Waals surface area contributed by atoms with Gasteiger partial charge in [-0.3, -0.25) is 0 Å². The normalized spacial score (nSPS) is 11.0. The van der Waals surface area contributed by atoms with Gasteiger partial charge in [-0.25, -0.2) is 4.98 Å². The topological polar surface area (TPSA) is 17.3 Å². The molecule has 2 heteroatoms. The summed E-state index contributed by atoms with van der Waals surface area (Å²) < 4.78 is 2.06. The van der Waals surface area contributed by atoms with E-state index in [2.05, 4.69) is 174 Å². The van der Waals surface area contributed by atoms with Crippen LogP contribution in [0.5, 0.6) is 0 Å². The third kappa shape index (κ3) is 5.81. The lowest BCUT2D eigenvalue weighted by atomic mass is 9.91. The molecule has 6 aromatic carbocycles. The molecular formula is C45H32N2. The Hall–Kier alpha value is -6.25. The minimum Gasteiger partial charge on any atom is -0.306 e. The zero-order valence-corrected chi connectivity index (χ0v) is 25.9. The molecule has 0 saturated carbocycles. The van der Waals surface area contributed by atoms with E-state index in [1.807, 2.05) is 24.4 Å². The number of fused-ring (bicyclic) bond motifs is 2. The van der Waals surface area contributed by atoms with Crippen LogP contribution in [0.2, 0.25) is 0 Å². The monoisotopic (exact) mass is 600 g/mol. The summed E-state index contributed by atoms with van der Waals surface area (Å²) in [6.45, 7) is 0. The second kappa shape index (κ2) is 12.6. The Labute approximate surface area is 275 Å². The Morgan fingerprint density at radius 2 is 0.809 bits per heavy atom. The zero-order valence-electron chi connectivity index (χ0n) is 25.9. The summed E-state index contributed by atoms with van der Waals surface area (Å²) in [5.74, 6) is 0. The van der Waals surface area contributed by atoms with Crippen LogP contribution in [-0.2, 0) is 0 Å². The molecule has 0 amide bonds. The summed E-state index contributed by atoms with van der Waals surface area (Å²) in [5, 5.41) is 2.37. The molecule has 2 heterocycles. The van der Waals surface area contributed by atoms with Gasteiger partial charge in [-0.1, -0.05) is 152 Å². The summed E-state index contributed by atoms with van der Waals surface area (Å²) >= 11 is 0. The van der Waals surface area contributed by atoms with E-state index in [9.17, 15) is 0 Å². The predicted octanol–water partition coefficient (Wildman–Crippen LogP) is 11.9. The molecule has 0 aliphatic carbocycles. The summed E-state index contributed by atoms with van der Waals surface area (Å²) in [6.07, 6.45) is 4.12. The first-order chi connectivity index (χ1) is 23.3. The van der Waals surface area contributed by atoms with Crippen LogP contribution < -0.4 is 0 Å². The molecule has 8 rings (SSSR count). The number of hydrogen-bond acceptors (Lipinski definition) is 1. The highest BCUT2D eigenvalue weighted by Gasteiger charge is 2.11. The van der Waals surface area contributed by atoms with Gasteiger partial charge in [0.15, 0.2) is 0 Å². The molecule has 222 valence electrons. The Morgan fingerprint density at radius 3 is 1.40 bits per heavy atom. The van der Waals surface area contributed by atoms with Gasteiger partial charge in [-0.15, -0.1) is 0 Å². The maximum absolute atomic E-state index is 4.83. The number of nitrogens with zero attached hydrogens (tertiary/aromatic N) is 2. The first-order valence-corrected chi connectivity index (χ1v) is 16.0. The van der Waals surface area contributed by atoms with Crippen LogP contribution >= 0.6 is 0 Å². The van der Waals surface area contributed by atoms with Gasteiger partial charge in [0.2, 0.25) is 0 Å². The SMILES string of the molecule is c1ccc(-c2cc(-c3ccccc3)cc(-c3ccccccc(-c4ccc(-c5cn6ccccc6n5)cc4)c4ccccc34)c2)cc1. The Bertz CT molecular complexity index is 2300. The number of aromatic nitrogens is 2. The molecule has 0 aliphatic rings.